The van der Waals surface area contributed by atoms with Crippen LogP contribution in [-0.4, -0.2) is 43.6 Å². The van der Waals surface area contributed by atoms with E-state index >= 15 is 0 Å². The van der Waals surface area contributed by atoms with Gasteiger partial charge in [0.15, 0.2) is 0 Å². The Kier molecular flexibility index (Phi) is 7.48. The first-order valence-corrected chi connectivity index (χ1v) is 11.8. The fraction of sp³-hybridized carbons (Fsp3) is 0.400. The molecule has 3 N–H and O–H groups in total. The third-order valence-electron chi connectivity index (χ3n) is 4.80. The van der Waals surface area contributed by atoms with Gasteiger partial charge in [-0.3, -0.25) is 4.72 Å². The van der Waals surface area contributed by atoms with Crippen LogP contribution in [0, 0.1) is 5.82 Å². The molecular formula is C20H26FN3O2S2. The summed E-state index contributed by atoms with van der Waals surface area (Å²) in [4.78, 5) is 1.09. The van der Waals surface area contributed by atoms with Gasteiger partial charge in [0.05, 0.1) is 5.75 Å². The first-order chi connectivity index (χ1) is 13.5. The fourth-order valence-electron chi connectivity index (χ4n) is 3.46. The summed E-state index contributed by atoms with van der Waals surface area (Å²) in [7, 11) is -3.50. The Balaban J connectivity index is 1.54. The van der Waals surface area contributed by atoms with Gasteiger partial charge in [0.1, 0.15) is 5.82 Å². The molecule has 1 fully saturated rings. The van der Waals surface area contributed by atoms with Crippen LogP contribution in [0.4, 0.5) is 4.39 Å². The molecule has 5 nitrogen and oxygen atoms in total. The van der Waals surface area contributed by atoms with Gasteiger partial charge in [-0.1, -0.05) is 36.4 Å². The highest BCUT2D eigenvalue weighted by Gasteiger charge is 2.34. The van der Waals surface area contributed by atoms with Gasteiger partial charge in [-0.2, -0.15) is 4.31 Å². The van der Waals surface area contributed by atoms with E-state index in [0.29, 0.717) is 18.7 Å². The second-order valence-electron chi connectivity index (χ2n) is 7.00. The Morgan fingerprint density at radius 1 is 1.18 bits per heavy atom. The summed E-state index contributed by atoms with van der Waals surface area (Å²) in [5.41, 5.74) is 6.51. The van der Waals surface area contributed by atoms with E-state index in [1.165, 1.54) is 18.0 Å². The highest BCUT2D eigenvalue weighted by Crippen LogP contribution is 2.23. The number of rotatable bonds is 9. The van der Waals surface area contributed by atoms with E-state index in [1.54, 1.807) is 22.5 Å². The smallest absolute Gasteiger partial charge is 0.215 e. The molecule has 0 amide bonds. The third kappa shape index (κ3) is 5.78. The molecular weight excluding hydrogens is 397 g/mol. The highest BCUT2D eigenvalue weighted by molar-refractivity contribution is 7.97. The number of hydrogen-bond donors (Lipinski definition) is 2. The lowest BCUT2D eigenvalue weighted by Gasteiger charge is -2.25. The quantitative estimate of drug-likeness (QED) is 0.607. The lowest BCUT2D eigenvalue weighted by Crippen LogP contribution is -2.45. The molecule has 1 aliphatic rings. The minimum absolute atomic E-state index is 0.0816. The molecule has 8 heteroatoms. The van der Waals surface area contributed by atoms with Crippen molar-refractivity contribution in [2.24, 2.45) is 5.73 Å². The van der Waals surface area contributed by atoms with E-state index < -0.39 is 16.1 Å². The molecule has 1 saturated heterocycles. The largest absolute Gasteiger partial charge is 0.326 e. The molecule has 1 aliphatic heterocycles. The molecule has 1 heterocycles. The van der Waals surface area contributed by atoms with Crippen molar-refractivity contribution in [3.63, 3.8) is 0 Å². The summed E-state index contributed by atoms with van der Waals surface area (Å²) in [6, 6.07) is 15.5. The number of benzene rings is 2. The SMILES string of the molecule is NC(Cc1ccccc1F)CS(=O)(=O)N1CCC[C@H]1CNSc1ccccc1. The predicted octanol–water partition coefficient (Wildman–Crippen LogP) is 2.79. The Bertz CT molecular complexity index is 865. The highest BCUT2D eigenvalue weighted by atomic mass is 32.2. The normalized spacial score (nSPS) is 19.0. The van der Waals surface area contributed by atoms with Crippen molar-refractivity contribution in [3.05, 3.63) is 66.0 Å². The van der Waals surface area contributed by atoms with E-state index in [4.69, 9.17) is 5.73 Å². The monoisotopic (exact) mass is 423 g/mol. The number of nitrogens with one attached hydrogen (secondary N) is 1. The van der Waals surface area contributed by atoms with Crippen LogP contribution in [0.2, 0.25) is 0 Å². The maximum absolute atomic E-state index is 13.8. The second kappa shape index (κ2) is 9.84. The van der Waals surface area contributed by atoms with Crippen molar-refractivity contribution in [2.75, 3.05) is 18.8 Å². The van der Waals surface area contributed by atoms with Gasteiger partial charge in [-0.05, 0) is 55.0 Å². The fourth-order valence-corrected chi connectivity index (χ4v) is 6.09. The molecule has 2 aromatic carbocycles. The van der Waals surface area contributed by atoms with Crippen LogP contribution in [0.25, 0.3) is 0 Å². The molecule has 0 aromatic heterocycles. The minimum atomic E-state index is -3.50. The standard InChI is InChI=1S/C20H26FN3O2S2/c21-20-11-5-4-7-16(20)13-17(22)15-28(25,26)24-12-6-8-18(24)14-23-27-19-9-2-1-3-10-19/h1-5,7,9-11,17-18,23H,6,8,12-15,22H2/t17?,18-/m0/s1. The van der Waals surface area contributed by atoms with Crippen molar-refractivity contribution in [3.8, 4) is 0 Å². The van der Waals surface area contributed by atoms with Crippen LogP contribution in [0.15, 0.2) is 59.5 Å². The zero-order valence-electron chi connectivity index (χ0n) is 15.6. The van der Waals surface area contributed by atoms with Gasteiger partial charge >= 0.3 is 0 Å². The summed E-state index contributed by atoms with van der Waals surface area (Å²) in [5, 5.41) is 0. The molecule has 0 spiro atoms. The van der Waals surface area contributed by atoms with Crippen molar-refractivity contribution >= 4 is 22.0 Å². The summed E-state index contributed by atoms with van der Waals surface area (Å²) in [6.45, 7) is 1.08. The van der Waals surface area contributed by atoms with Gasteiger partial charge in [0, 0.05) is 30.1 Å². The van der Waals surface area contributed by atoms with Gasteiger partial charge in [-0.25, -0.2) is 12.8 Å². The lowest BCUT2D eigenvalue weighted by molar-refractivity contribution is 0.386. The van der Waals surface area contributed by atoms with Crippen molar-refractivity contribution in [2.45, 2.75) is 36.2 Å². The Morgan fingerprint density at radius 2 is 1.89 bits per heavy atom. The molecule has 0 aliphatic carbocycles. The van der Waals surface area contributed by atoms with Crippen molar-refractivity contribution < 1.29 is 12.8 Å². The minimum Gasteiger partial charge on any atom is -0.326 e. The number of nitrogens with zero attached hydrogens (tertiary/aromatic N) is 1. The molecule has 0 bridgehead atoms. The molecule has 1 unspecified atom stereocenters. The van der Waals surface area contributed by atoms with E-state index in [0.717, 1.165) is 17.7 Å². The van der Waals surface area contributed by atoms with E-state index in [9.17, 15) is 12.8 Å². The van der Waals surface area contributed by atoms with Gasteiger partial charge < -0.3 is 5.73 Å². The maximum Gasteiger partial charge on any atom is 0.215 e. The zero-order chi connectivity index (χ0) is 20.0. The van der Waals surface area contributed by atoms with Crippen LogP contribution in [-0.2, 0) is 16.4 Å². The predicted molar refractivity (Wildman–Crippen MR) is 112 cm³/mol. The maximum atomic E-state index is 13.8. The molecule has 28 heavy (non-hydrogen) atoms. The number of halogens is 1. The zero-order valence-corrected chi connectivity index (χ0v) is 17.3. The van der Waals surface area contributed by atoms with Crippen LogP contribution in [0.3, 0.4) is 0 Å². The number of nitrogens with two attached hydrogens (primary N) is 1. The average molecular weight is 424 g/mol. The summed E-state index contributed by atoms with van der Waals surface area (Å²) >= 11 is 1.50. The van der Waals surface area contributed by atoms with E-state index in [2.05, 4.69) is 4.72 Å². The average Bonchev–Trinajstić information content (AvgIpc) is 3.14. The first kappa shape index (κ1) is 21.3. The topological polar surface area (TPSA) is 75.4 Å². The Hall–Kier alpha value is -1.45. The number of hydrogen-bond acceptors (Lipinski definition) is 5. The van der Waals surface area contributed by atoms with E-state index in [-0.39, 0.29) is 24.0 Å². The second-order valence-corrected chi connectivity index (χ2v) is 9.93. The van der Waals surface area contributed by atoms with Crippen LogP contribution in [0.1, 0.15) is 18.4 Å². The lowest BCUT2D eigenvalue weighted by atomic mass is 10.1. The Labute approximate surface area is 170 Å². The van der Waals surface area contributed by atoms with Gasteiger partial charge in [0.2, 0.25) is 10.0 Å². The van der Waals surface area contributed by atoms with Crippen molar-refractivity contribution in [1.29, 1.82) is 0 Å². The summed E-state index contributed by atoms with van der Waals surface area (Å²) in [5.74, 6) is -0.527. The van der Waals surface area contributed by atoms with E-state index in [1.807, 2.05) is 30.3 Å². The molecule has 3 rings (SSSR count). The number of sulfonamides is 1. The molecule has 152 valence electrons. The molecule has 0 saturated carbocycles. The van der Waals surface area contributed by atoms with Crippen LogP contribution >= 0.6 is 11.9 Å². The summed E-state index contributed by atoms with van der Waals surface area (Å²) in [6.07, 6.45) is 1.86. The van der Waals surface area contributed by atoms with Crippen molar-refractivity contribution in [1.82, 2.24) is 9.03 Å². The van der Waals surface area contributed by atoms with Gasteiger partial charge in [0.25, 0.3) is 0 Å². The molecule has 0 radical (unpaired) electrons. The molecule has 2 atom stereocenters. The van der Waals surface area contributed by atoms with Crippen LogP contribution in [0.5, 0.6) is 0 Å². The van der Waals surface area contributed by atoms with Gasteiger partial charge in [-0.15, -0.1) is 0 Å². The summed E-state index contributed by atoms with van der Waals surface area (Å²) < 4.78 is 44.4. The first-order valence-electron chi connectivity index (χ1n) is 9.39. The van der Waals surface area contributed by atoms with Crippen LogP contribution < -0.4 is 10.5 Å². The third-order valence-corrected chi connectivity index (χ3v) is 7.66. The Morgan fingerprint density at radius 3 is 2.64 bits per heavy atom. The molecule has 2 aromatic rings.